The van der Waals surface area contributed by atoms with Gasteiger partial charge in [-0.1, -0.05) is 25.6 Å². The van der Waals surface area contributed by atoms with Crippen LogP contribution in [0.5, 0.6) is 0 Å². The van der Waals surface area contributed by atoms with Crippen molar-refractivity contribution in [3.63, 3.8) is 0 Å². The first-order valence-electron chi connectivity index (χ1n) is 5.25. The molecule has 0 aliphatic rings. The summed E-state index contributed by atoms with van der Waals surface area (Å²) in [5.41, 5.74) is 6.61. The molecule has 4 heteroatoms. The Morgan fingerprint density at radius 1 is 1.62 bits per heavy atom. The Morgan fingerprint density at radius 3 is 2.69 bits per heavy atom. The molecule has 0 aromatic carbocycles. The van der Waals surface area contributed by atoms with E-state index in [1.807, 2.05) is 33.8 Å². The largest absolute Gasteiger partial charge is 0.492 e. The molecule has 1 aromatic heterocycles. The van der Waals surface area contributed by atoms with E-state index in [1.54, 1.807) is 6.08 Å². The predicted molar refractivity (Wildman–Crippen MR) is 64.5 cm³/mol. The van der Waals surface area contributed by atoms with Crippen LogP contribution in [0.3, 0.4) is 0 Å². The van der Waals surface area contributed by atoms with Gasteiger partial charge >= 0.3 is 0 Å². The molecule has 0 saturated carbocycles. The molecule has 4 nitrogen and oxygen atoms in total. The lowest BCUT2D eigenvalue weighted by molar-refractivity contribution is 0.192. The van der Waals surface area contributed by atoms with Crippen LogP contribution in [0.1, 0.15) is 32.2 Å². The fourth-order valence-corrected chi connectivity index (χ4v) is 0.977. The molecule has 0 unspecified atom stereocenters. The lowest BCUT2D eigenvalue weighted by Gasteiger charge is -2.02. The van der Waals surface area contributed by atoms with Crippen molar-refractivity contribution in [2.75, 3.05) is 0 Å². The summed E-state index contributed by atoms with van der Waals surface area (Å²) in [4.78, 5) is 0. The second-order valence-corrected chi connectivity index (χ2v) is 3.05. The lowest BCUT2D eigenvalue weighted by atomic mass is 10.4. The summed E-state index contributed by atoms with van der Waals surface area (Å²) in [5, 5.41) is 3.79. The summed E-state index contributed by atoms with van der Waals surface area (Å²) in [6.07, 6.45) is 1.66. The van der Waals surface area contributed by atoms with Crippen molar-refractivity contribution >= 4 is 0 Å². The fourth-order valence-electron chi connectivity index (χ4n) is 0.977. The van der Waals surface area contributed by atoms with Gasteiger partial charge in [0, 0.05) is 11.8 Å². The van der Waals surface area contributed by atoms with E-state index in [0.717, 1.165) is 11.5 Å². The Hall–Kier alpha value is -1.71. The molecule has 16 heavy (non-hydrogen) atoms. The van der Waals surface area contributed by atoms with Crippen LogP contribution in [0, 0.1) is 6.92 Å². The molecule has 0 amide bonds. The van der Waals surface area contributed by atoms with Gasteiger partial charge in [-0.05, 0) is 19.9 Å². The molecular formula is C12H20N2O2. The highest BCUT2D eigenvalue weighted by atomic mass is 16.5. The molecule has 0 saturated heterocycles. The average molecular weight is 224 g/mol. The summed E-state index contributed by atoms with van der Waals surface area (Å²) in [5.74, 6) is 1.48. The minimum Gasteiger partial charge on any atom is -0.492 e. The monoisotopic (exact) mass is 224 g/mol. The molecule has 0 fully saturated rings. The number of ether oxygens (including phenoxy) is 1. The zero-order valence-electron chi connectivity index (χ0n) is 10.4. The van der Waals surface area contributed by atoms with E-state index in [9.17, 15) is 0 Å². The molecule has 1 aromatic rings. The van der Waals surface area contributed by atoms with Crippen LogP contribution in [-0.2, 0) is 11.3 Å². The standard InChI is InChI=1S/C10H14N2O2.C2H6/c1-7(11)4-8(2)13-6-10-5-9(3)14-12-10;1-2/h4-5H,1,6,11H2,2-3H3;1-2H3/b8-4+;. The molecular weight excluding hydrogens is 204 g/mol. The van der Waals surface area contributed by atoms with Gasteiger partial charge in [0.05, 0.1) is 5.76 Å². The van der Waals surface area contributed by atoms with Gasteiger partial charge in [-0.2, -0.15) is 0 Å². The predicted octanol–water partition coefficient (Wildman–Crippen LogP) is 2.90. The third kappa shape index (κ3) is 5.90. The number of hydrogen-bond donors (Lipinski definition) is 1. The maximum atomic E-state index is 5.38. The Bertz CT molecular complexity index is 354. The highest BCUT2D eigenvalue weighted by Crippen LogP contribution is 2.06. The number of allylic oxidation sites excluding steroid dienone is 2. The SMILES string of the molecule is C=C(N)/C=C(\C)OCc1cc(C)on1.CC. The Kier molecular flexibility index (Phi) is 6.76. The van der Waals surface area contributed by atoms with Crippen molar-refractivity contribution < 1.29 is 9.26 Å². The van der Waals surface area contributed by atoms with Crippen LogP contribution >= 0.6 is 0 Å². The third-order valence-electron chi connectivity index (χ3n) is 1.51. The topological polar surface area (TPSA) is 61.3 Å². The van der Waals surface area contributed by atoms with E-state index in [4.69, 9.17) is 15.0 Å². The fraction of sp³-hybridized carbons (Fsp3) is 0.417. The van der Waals surface area contributed by atoms with Crippen LogP contribution in [0.4, 0.5) is 0 Å². The molecule has 0 bridgehead atoms. The molecule has 1 heterocycles. The van der Waals surface area contributed by atoms with Crippen molar-refractivity contribution in [1.82, 2.24) is 5.16 Å². The highest BCUT2D eigenvalue weighted by molar-refractivity contribution is 5.12. The maximum absolute atomic E-state index is 5.38. The third-order valence-corrected chi connectivity index (χ3v) is 1.51. The molecule has 1 rings (SSSR count). The summed E-state index contributed by atoms with van der Waals surface area (Å²) >= 11 is 0. The van der Waals surface area contributed by atoms with Crippen LogP contribution in [0.25, 0.3) is 0 Å². The normalized spacial score (nSPS) is 10.4. The minimum atomic E-state index is 0.382. The Morgan fingerprint density at radius 2 is 2.25 bits per heavy atom. The Balaban J connectivity index is 0.00000106. The smallest absolute Gasteiger partial charge is 0.134 e. The van der Waals surface area contributed by atoms with Crippen LogP contribution in [-0.4, -0.2) is 5.16 Å². The van der Waals surface area contributed by atoms with Gasteiger partial charge in [-0.25, -0.2) is 0 Å². The molecule has 2 N–H and O–H groups in total. The first-order chi connectivity index (χ1) is 7.58. The van der Waals surface area contributed by atoms with E-state index >= 15 is 0 Å². The van der Waals surface area contributed by atoms with E-state index in [2.05, 4.69) is 11.7 Å². The van der Waals surface area contributed by atoms with Crippen molar-refractivity contribution in [2.24, 2.45) is 5.73 Å². The maximum Gasteiger partial charge on any atom is 0.134 e. The minimum absolute atomic E-state index is 0.382. The molecule has 90 valence electrons. The van der Waals surface area contributed by atoms with Gasteiger partial charge in [0.15, 0.2) is 0 Å². The highest BCUT2D eigenvalue weighted by Gasteiger charge is 2.00. The van der Waals surface area contributed by atoms with E-state index in [0.29, 0.717) is 18.1 Å². The summed E-state index contributed by atoms with van der Waals surface area (Å²) in [7, 11) is 0. The zero-order chi connectivity index (χ0) is 12.6. The number of aryl methyl sites for hydroxylation is 1. The van der Waals surface area contributed by atoms with E-state index in [1.165, 1.54) is 0 Å². The molecule has 0 aliphatic heterocycles. The lowest BCUT2D eigenvalue weighted by Crippen LogP contribution is -1.95. The summed E-state index contributed by atoms with van der Waals surface area (Å²) in [6.45, 7) is 11.6. The average Bonchev–Trinajstić information content (AvgIpc) is 2.63. The molecule has 0 aliphatic carbocycles. The van der Waals surface area contributed by atoms with Gasteiger partial charge in [0.1, 0.15) is 18.1 Å². The first-order valence-corrected chi connectivity index (χ1v) is 5.25. The molecule has 0 radical (unpaired) electrons. The van der Waals surface area contributed by atoms with Gasteiger partial charge in [0.25, 0.3) is 0 Å². The zero-order valence-corrected chi connectivity index (χ0v) is 10.4. The number of aromatic nitrogens is 1. The van der Waals surface area contributed by atoms with Gasteiger partial charge in [-0.15, -0.1) is 0 Å². The second-order valence-electron chi connectivity index (χ2n) is 3.05. The van der Waals surface area contributed by atoms with E-state index in [-0.39, 0.29) is 0 Å². The number of nitrogens with two attached hydrogens (primary N) is 1. The summed E-state index contributed by atoms with van der Waals surface area (Å²) in [6, 6.07) is 1.82. The van der Waals surface area contributed by atoms with Crippen LogP contribution < -0.4 is 5.73 Å². The Labute approximate surface area is 96.8 Å². The van der Waals surface area contributed by atoms with Crippen molar-refractivity contribution in [3.05, 3.63) is 41.6 Å². The van der Waals surface area contributed by atoms with E-state index < -0.39 is 0 Å². The molecule has 0 spiro atoms. The van der Waals surface area contributed by atoms with Crippen molar-refractivity contribution in [1.29, 1.82) is 0 Å². The van der Waals surface area contributed by atoms with Gasteiger partial charge < -0.3 is 15.0 Å². The van der Waals surface area contributed by atoms with Gasteiger partial charge in [-0.3, -0.25) is 0 Å². The number of hydrogen-bond acceptors (Lipinski definition) is 4. The van der Waals surface area contributed by atoms with Crippen molar-refractivity contribution in [2.45, 2.75) is 34.3 Å². The number of rotatable bonds is 4. The van der Waals surface area contributed by atoms with Gasteiger partial charge in [0.2, 0.25) is 0 Å². The number of nitrogens with zero attached hydrogens (tertiary/aromatic N) is 1. The van der Waals surface area contributed by atoms with Crippen LogP contribution in [0.2, 0.25) is 0 Å². The first kappa shape index (κ1) is 14.3. The quantitative estimate of drug-likeness (QED) is 0.631. The van der Waals surface area contributed by atoms with Crippen molar-refractivity contribution in [3.8, 4) is 0 Å². The molecule has 0 atom stereocenters. The summed E-state index contributed by atoms with van der Waals surface area (Å²) < 4.78 is 10.2. The second kappa shape index (κ2) is 7.56. The van der Waals surface area contributed by atoms with Crippen LogP contribution in [0.15, 0.2) is 34.7 Å².